The zero-order chi connectivity index (χ0) is 12.5. The number of likely N-dealkylation sites (tertiary alicyclic amines) is 1. The Labute approximate surface area is 110 Å². The van der Waals surface area contributed by atoms with E-state index in [0.717, 1.165) is 5.82 Å². The standard InChI is InChI=1S/C15H23N3/c1-11(2)18-9-3-4-14(18)12-5-8-15(16-10-12)17-13-6-7-13/h5,8,10-11,13-14H,3-4,6-7,9H2,1-2H3,(H,16,17)/t14-/m0/s1. The van der Waals surface area contributed by atoms with Crippen LogP contribution in [0.1, 0.15) is 51.1 Å². The Morgan fingerprint density at radius 1 is 1.28 bits per heavy atom. The molecule has 2 fully saturated rings. The van der Waals surface area contributed by atoms with Gasteiger partial charge in [-0.3, -0.25) is 4.90 Å². The topological polar surface area (TPSA) is 28.2 Å². The first-order valence-corrected chi connectivity index (χ1v) is 7.22. The van der Waals surface area contributed by atoms with Gasteiger partial charge in [-0.2, -0.15) is 0 Å². The minimum absolute atomic E-state index is 0.576. The van der Waals surface area contributed by atoms with Gasteiger partial charge in [0.25, 0.3) is 0 Å². The van der Waals surface area contributed by atoms with Crippen LogP contribution in [0.25, 0.3) is 0 Å². The summed E-state index contributed by atoms with van der Waals surface area (Å²) in [4.78, 5) is 7.15. The third kappa shape index (κ3) is 2.51. The first kappa shape index (κ1) is 12.0. The molecule has 1 aliphatic carbocycles. The maximum atomic E-state index is 4.56. The fourth-order valence-electron chi connectivity index (χ4n) is 2.89. The zero-order valence-electron chi connectivity index (χ0n) is 11.4. The van der Waals surface area contributed by atoms with E-state index in [1.807, 2.05) is 0 Å². The second kappa shape index (κ2) is 4.88. The number of nitrogens with zero attached hydrogens (tertiary/aromatic N) is 2. The number of aromatic nitrogens is 1. The molecule has 1 atom stereocenters. The van der Waals surface area contributed by atoms with Crippen LogP contribution >= 0.6 is 0 Å². The van der Waals surface area contributed by atoms with Crippen molar-refractivity contribution in [2.75, 3.05) is 11.9 Å². The molecule has 0 unspecified atom stereocenters. The minimum Gasteiger partial charge on any atom is -0.367 e. The summed E-state index contributed by atoms with van der Waals surface area (Å²) in [5.74, 6) is 1.04. The Kier molecular flexibility index (Phi) is 3.25. The lowest BCUT2D eigenvalue weighted by Gasteiger charge is -2.28. The predicted octanol–water partition coefficient (Wildman–Crippen LogP) is 3.20. The summed E-state index contributed by atoms with van der Waals surface area (Å²) in [6, 6.07) is 6.28. The van der Waals surface area contributed by atoms with Crippen molar-refractivity contribution in [1.29, 1.82) is 0 Å². The summed E-state index contributed by atoms with van der Waals surface area (Å²) in [6.45, 7) is 5.80. The van der Waals surface area contributed by atoms with Gasteiger partial charge < -0.3 is 5.32 Å². The average Bonchev–Trinajstić information content (AvgIpc) is 3.04. The highest BCUT2D eigenvalue weighted by molar-refractivity contribution is 5.38. The highest BCUT2D eigenvalue weighted by Gasteiger charge is 2.28. The minimum atomic E-state index is 0.576. The van der Waals surface area contributed by atoms with Crippen molar-refractivity contribution in [1.82, 2.24) is 9.88 Å². The molecule has 3 nitrogen and oxygen atoms in total. The van der Waals surface area contributed by atoms with Crippen LogP contribution < -0.4 is 5.32 Å². The number of pyridine rings is 1. The fourth-order valence-corrected chi connectivity index (χ4v) is 2.89. The average molecular weight is 245 g/mol. The van der Waals surface area contributed by atoms with Gasteiger partial charge in [0, 0.05) is 24.3 Å². The number of anilines is 1. The lowest BCUT2D eigenvalue weighted by atomic mass is 10.1. The molecule has 98 valence electrons. The molecule has 1 N–H and O–H groups in total. The first-order valence-electron chi connectivity index (χ1n) is 7.22. The van der Waals surface area contributed by atoms with Crippen molar-refractivity contribution in [3.63, 3.8) is 0 Å². The fraction of sp³-hybridized carbons (Fsp3) is 0.667. The highest BCUT2D eigenvalue weighted by Crippen LogP contribution is 2.33. The Morgan fingerprint density at radius 3 is 2.72 bits per heavy atom. The van der Waals surface area contributed by atoms with Gasteiger partial charge in [-0.05, 0) is 57.7 Å². The van der Waals surface area contributed by atoms with Gasteiger partial charge in [0.2, 0.25) is 0 Å². The first-order chi connectivity index (χ1) is 8.74. The summed E-state index contributed by atoms with van der Waals surface area (Å²) < 4.78 is 0. The molecule has 0 amide bonds. The number of hydrogen-bond acceptors (Lipinski definition) is 3. The lowest BCUT2D eigenvalue weighted by Crippen LogP contribution is -2.30. The zero-order valence-corrected chi connectivity index (χ0v) is 11.4. The molecule has 2 heterocycles. The molecule has 1 aromatic rings. The van der Waals surface area contributed by atoms with Crippen LogP contribution in [0.4, 0.5) is 5.82 Å². The molecule has 0 spiro atoms. The van der Waals surface area contributed by atoms with Gasteiger partial charge in [0.05, 0.1) is 0 Å². The van der Waals surface area contributed by atoms with E-state index in [2.05, 4.69) is 47.4 Å². The molecule has 3 heteroatoms. The smallest absolute Gasteiger partial charge is 0.126 e. The normalized spacial score (nSPS) is 24.7. The number of rotatable bonds is 4. The molecule has 1 saturated heterocycles. The van der Waals surface area contributed by atoms with Crippen molar-refractivity contribution in [2.24, 2.45) is 0 Å². The third-order valence-corrected chi connectivity index (χ3v) is 4.06. The Hall–Kier alpha value is -1.09. The summed E-state index contributed by atoms with van der Waals surface area (Å²) in [7, 11) is 0. The maximum absolute atomic E-state index is 4.56. The van der Waals surface area contributed by atoms with E-state index in [0.29, 0.717) is 18.1 Å². The van der Waals surface area contributed by atoms with Crippen molar-refractivity contribution < 1.29 is 0 Å². The van der Waals surface area contributed by atoms with Crippen LogP contribution in [0.2, 0.25) is 0 Å². The van der Waals surface area contributed by atoms with Crippen LogP contribution in [-0.4, -0.2) is 28.5 Å². The van der Waals surface area contributed by atoms with Gasteiger partial charge in [0.15, 0.2) is 0 Å². The molecule has 0 radical (unpaired) electrons. The van der Waals surface area contributed by atoms with Crippen LogP contribution in [-0.2, 0) is 0 Å². The van der Waals surface area contributed by atoms with Gasteiger partial charge in [-0.25, -0.2) is 4.98 Å². The number of hydrogen-bond donors (Lipinski definition) is 1. The van der Waals surface area contributed by atoms with Crippen molar-refractivity contribution in [3.05, 3.63) is 23.9 Å². The molecule has 0 bridgehead atoms. The van der Waals surface area contributed by atoms with Gasteiger partial charge >= 0.3 is 0 Å². The maximum Gasteiger partial charge on any atom is 0.126 e. The van der Waals surface area contributed by atoms with Gasteiger partial charge in [-0.15, -0.1) is 0 Å². The second-order valence-corrected chi connectivity index (χ2v) is 5.88. The van der Waals surface area contributed by atoms with E-state index >= 15 is 0 Å². The van der Waals surface area contributed by atoms with E-state index in [4.69, 9.17) is 0 Å². The van der Waals surface area contributed by atoms with Crippen LogP contribution in [0, 0.1) is 0 Å². The van der Waals surface area contributed by atoms with Crippen molar-refractivity contribution in [2.45, 2.75) is 57.7 Å². The molecule has 1 saturated carbocycles. The molecule has 1 aliphatic heterocycles. The molecule has 1 aromatic heterocycles. The summed E-state index contributed by atoms with van der Waals surface area (Å²) in [5.41, 5.74) is 1.38. The van der Waals surface area contributed by atoms with Crippen LogP contribution in [0.3, 0.4) is 0 Å². The van der Waals surface area contributed by atoms with E-state index in [1.165, 1.54) is 37.8 Å². The lowest BCUT2D eigenvalue weighted by molar-refractivity contribution is 0.205. The van der Waals surface area contributed by atoms with Crippen molar-refractivity contribution >= 4 is 5.82 Å². The Morgan fingerprint density at radius 2 is 2.11 bits per heavy atom. The Balaban J connectivity index is 1.71. The van der Waals surface area contributed by atoms with Gasteiger partial charge in [0.1, 0.15) is 5.82 Å². The van der Waals surface area contributed by atoms with E-state index in [1.54, 1.807) is 0 Å². The summed E-state index contributed by atoms with van der Waals surface area (Å²) in [6.07, 6.45) is 7.25. The van der Waals surface area contributed by atoms with Gasteiger partial charge in [-0.1, -0.05) is 6.07 Å². The summed E-state index contributed by atoms with van der Waals surface area (Å²) in [5, 5.41) is 3.44. The van der Waals surface area contributed by atoms with E-state index in [-0.39, 0.29) is 0 Å². The summed E-state index contributed by atoms with van der Waals surface area (Å²) >= 11 is 0. The van der Waals surface area contributed by atoms with Crippen LogP contribution in [0.15, 0.2) is 18.3 Å². The predicted molar refractivity (Wildman–Crippen MR) is 74.7 cm³/mol. The van der Waals surface area contributed by atoms with E-state index in [9.17, 15) is 0 Å². The van der Waals surface area contributed by atoms with Crippen molar-refractivity contribution in [3.8, 4) is 0 Å². The molecular weight excluding hydrogens is 222 g/mol. The number of nitrogens with one attached hydrogen (secondary N) is 1. The SMILES string of the molecule is CC(C)N1CCC[C@H]1c1ccc(NC2CC2)nc1. The molecule has 2 aliphatic rings. The largest absolute Gasteiger partial charge is 0.367 e. The van der Waals surface area contributed by atoms with Crippen LogP contribution in [0.5, 0.6) is 0 Å². The third-order valence-electron chi connectivity index (χ3n) is 4.06. The highest BCUT2D eigenvalue weighted by atomic mass is 15.2. The quantitative estimate of drug-likeness (QED) is 0.883. The molecular formula is C15H23N3. The van der Waals surface area contributed by atoms with E-state index < -0.39 is 0 Å². The molecule has 18 heavy (non-hydrogen) atoms. The molecule has 3 rings (SSSR count). The second-order valence-electron chi connectivity index (χ2n) is 5.88. The monoisotopic (exact) mass is 245 g/mol. The molecule has 0 aromatic carbocycles. The Bertz CT molecular complexity index is 395.